The summed E-state index contributed by atoms with van der Waals surface area (Å²) in [6.07, 6.45) is 0.940. The molecule has 0 aliphatic carbocycles. The zero-order valence-corrected chi connectivity index (χ0v) is 10.5. The SMILES string of the molecule is CCc1ccccc1CNCCSC(F)(F)F. The second-order valence-electron chi connectivity index (χ2n) is 3.59. The molecule has 0 saturated heterocycles. The summed E-state index contributed by atoms with van der Waals surface area (Å²) < 4.78 is 35.6. The van der Waals surface area contributed by atoms with Gasteiger partial charge in [-0.25, -0.2) is 0 Å². The number of halogens is 3. The minimum absolute atomic E-state index is 0.0162. The summed E-state index contributed by atoms with van der Waals surface area (Å²) in [7, 11) is 0. The number of hydrogen-bond donors (Lipinski definition) is 1. The third-order valence-corrected chi connectivity index (χ3v) is 3.09. The lowest BCUT2D eigenvalue weighted by Crippen LogP contribution is -2.19. The molecule has 0 atom stereocenters. The van der Waals surface area contributed by atoms with Crippen LogP contribution in [0.1, 0.15) is 18.1 Å². The number of aryl methyl sites for hydroxylation is 1. The van der Waals surface area contributed by atoms with Gasteiger partial charge in [-0.2, -0.15) is 13.2 Å². The Labute approximate surface area is 104 Å². The standard InChI is InChI=1S/C12H16F3NS/c1-2-10-5-3-4-6-11(10)9-16-7-8-17-12(13,14)15/h3-6,16H,2,7-9H2,1H3. The molecule has 0 radical (unpaired) electrons. The fourth-order valence-corrected chi connectivity index (χ4v) is 2.01. The lowest BCUT2D eigenvalue weighted by molar-refractivity contribution is -0.0327. The Morgan fingerprint density at radius 2 is 1.82 bits per heavy atom. The topological polar surface area (TPSA) is 12.0 Å². The summed E-state index contributed by atoms with van der Waals surface area (Å²) >= 11 is 0.0162. The van der Waals surface area contributed by atoms with E-state index in [0.717, 1.165) is 12.0 Å². The highest BCUT2D eigenvalue weighted by Crippen LogP contribution is 2.29. The first-order valence-corrected chi connectivity index (χ1v) is 6.49. The van der Waals surface area contributed by atoms with Gasteiger partial charge in [-0.3, -0.25) is 0 Å². The highest BCUT2D eigenvalue weighted by Gasteiger charge is 2.27. The van der Waals surface area contributed by atoms with Crippen LogP contribution in [0.5, 0.6) is 0 Å². The van der Waals surface area contributed by atoms with Crippen LogP contribution in [0.2, 0.25) is 0 Å². The zero-order chi connectivity index (χ0) is 12.7. The van der Waals surface area contributed by atoms with E-state index in [1.165, 1.54) is 5.56 Å². The Hall–Kier alpha value is -0.680. The van der Waals surface area contributed by atoms with Gasteiger partial charge in [0.05, 0.1) is 0 Å². The van der Waals surface area contributed by atoms with Gasteiger partial charge in [0.25, 0.3) is 0 Å². The molecule has 1 rings (SSSR count). The molecular weight excluding hydrogens is 247 g/mol. The van der Waals surface area contributed by atoms with Gasteiger partial charge in [0.2, 0.25) is 0 Å². The van der Waals surface area contributed by atoms with Crippen LogP contribution < -0.4 is 5.32 Å². The van der Waals surface area contributed by atoms with Crippen molar-refractivity contribution in [3.63, 3.8) is 0 Å². The average molecular weight is 263 g/mol. The van der Waals surface area contributed by atoms with Crippen molar-refractivity contribution in [3.05, 3.63) is 35.4 Å². The van der Waals surface area contributed by atoms with E-state index in [1.807, 2.05) is 24.3 Å². The number of thioether (sulfide) groups is 1. The minimum atomic E-state index is -4.12. The van der Waals surface area contributed by atoms with Crippen LogP contribution in [0.3, 0.4) is 0 Å². The molecule has 0 aliphatic rings. The Balaban J connectivity index is 2.27. The van der Waals surface area contributed by atoms with Crippen LogP contribution in [0, 0.1) is 0 Å². The van der Waals surface area contributed by atoms with E-state index in [9.17, 15) is 13.2 Å². The van der Waals surface area contributed by atoms with E-state index in [4.69, 9.17) is 0 Å². The third kappa shape index (κ3) is 5.98. The van der Waals surface area contributed by atoms with Crippen LogP contribution in [0.25, 0.3) is 0 Å². The van der Waals surface area contributed by atoms with Crippen LogP contribution in [0.15, 0.2) is 24.3 Å². The van der Waals surface area contributed by atoms with Gasteiger partial charge in [0, 0.05) is 18.8 Å². The molecule has 1 N–H and O–H groups in total. The molecule has 0 amide bonds. The quantitative estimate of drug-likeness (QED) is 0.787. The molecule has 0 aliphatic heterocycles. The van der Waals surface area contributed by atoms with Crippen LogP contribution in [-0.2, 0) is 13.0 Å². The van der Waals surface area contributed by atoms with Gasteiger partial charge < -0.3 is 5.32 Å². The summed E-state index contributed by atoms with van der Waals surface area (Å²) in [5.74, 6) is 0.0534. The normalized spacial score (nSPS) is 11.8. The molecule has 5 heteroatoms. The van der Waals surface area contributed by atoms with Crippen molar-refractivity contribution < 1.29 is 13.2 Å². The van der Waals surface area contributed by atoms with E-state index in [1.54, 1.807) is 0 Å². The minimum Gasteiger partial charge on any atom is -0.312 e. The second-order valence-corrected chi connectivity index (χ2v) is 4.75. The van der Waals surface area contributed by atoms with Gasteiger partial charge in [-0.15, -0.1) is 0 Å². The highest BCUT2D eigenvalue weighted by atomic mass is 32.2. The predicted molar refractivity (Wildman–Crippen MR) is 66.0 cm³/mol. The monoisotopic (exact) mass is 263 g/mol. The first-order valence-electron chi connectivity index (χ1n) is 5.51. The summed E-state index contributed by atoms with van der Waals surface area (Å²) in [4.78, 5) is 0. The van der Waals surface area contributed by atoms with Crippen molar-refractivity contribution >= 4 is 11.8 Å². The number of nitrogens with one attached hydrogen (secondary N) is 1. The van der Waals surface area contributed by atoms with Gasteiger partial charge in [-0.05, 0) is 29.3 Å². The Bertz CT molecular complexity index is 339. The number of alkyl halides is 3. The van der Waals surface area contributed by atoms with Crippen LogP contribution in [0.4, 0.5) is 13.2 Å². The Kier molecular flexibility index (Phi) is 5.85. The van der Waals surface area contributed by atoms with Crippen LogP contribution in [-0.4, -0.2) is 17.8 Å². The molecule has 1 nitrogen and oxygen atoms in total. The summed E-state index contributed by atoms with van der Waals surface area (Å²) in [6.45, 7) is 3.06. The molecule has 0 bridgehead atoms. The first kappa shape index (κ1) is 14.4. The van der Waals surface area contributed by atoms with Gasteiger partial charge in [0.15, 0.2) is 0 Å². The van der Waals surface area contributed by atoms with Crippen molar-refractivity contribution in [1.82, 2.24) is 5.32 Å². The maximum Gasteiger partial charge on any atom is 0.441 e. The molecule has 0 spiro atoms. The Morgan fingerprint density at radius 1 is 1.18 bits per heavy atom. The smallest absolute Gasteiger partial charge is 0.312 e. The average Bonchev–Trinajstić information content (AvgIpc) is 2.27. The van der Waals surface area contributed by atoms with Gasteiger partial charge in [0.1, 0.15) is 0 Å². The molecule has 0 aromatic heterocycles. The number of benzene rings is 1. The van der Waals surface area contributed by atoms with E-state index in [2.05, 4.69) is 12.2 Å². The molecule has 1 aromatic rings. The number of rotatable bonds is 6. The van der Waals surface area contributed by atoms with E-state index >= 15 is 0 Å². The van der Waals surface area contributed by atoms with Crippen molar-refractivity contribution in [2.75, 3.05) is 12.3 Å². The lowest BCUT2D eigenvalue weighted by atomic mass is 10.1. The predicted octanol–water partition coefficient (Wildman–Crippen LogP) is 3.59. The molecule has 0 heterocycles. The molecule has 96 valence electrons. The maximum absolute atomic E-state index is 11.9. The fraction of sp³-hybridized carbons (Fsp3) is 0.500. The summed E-state index contributed by atoms with van der Waals surface area (Å²) in [5, 5.41) is 3.03. The molecule has 0 fully saturated rings. The molecular formula is C12H16F3NS. The molecule has 1 aromatic carbocycles. The van der Waals surface area contributed by atoms with Crippen molar-refractivity contribution in [2.45, 2.75) is 25.4 Å². The van der Waals surface area contributed by atoms with Crippen molar-refractivity contribution in [1.29, 1.82) is 0 Å². The van der Waals surface area contributed by atoms with E-state index in [0.29, 0.717) is 13.1 Å². The summed E-state index contributed by atoms with van der Waals surface area (Å²) in [5.41, 5.74) is -1.72. The lowest BCUT2D eigenvalue weighted by Gasteiger charge is -2.09. The van der Waals surface area contributed by atoms with Gasteiger partial charge in [-0.1, -0.05) is 31.2 Å². The molecule has 17 heavy (non-hydrogen) atoms. The zero-order valence-electron chi connectivity index (χ0n) is 9.68. The van der Waals surface area contributed by atoms with Crippen molar-refractivity contribution in [2.24, 2.45) is 0 Å². The largest absolute Gasteiger partial charge is 0.441 e. The third-order valence-electron chi connectivity index (χ3n) is 2.36. The van der Waals surface area contributed by atoms with E-state index < -0.39 is 5.51 Å². The highest BCUT2D eigenvalue weighted by molar-refractivity contribution is 8.00. The second kappa shape index (κ2) is 6.91. The maximum atomic E-state index is 11.9. The Morgan fingerprint density at radius 3 is 2.41 bits per heavy atom. The van der Waals surface area contributed by atoms with E-state index in [-0.39, 0.29) is 17.5 Å². The first-order chi connectivity index (χ1) is 8.03. The fourth-order valence-electron chi connectivity index (χ4n) is 1.54. The number of hydrogen-bond acceptors (Lipinski definition) is 2. The van der Waals surface area contributed by atoms with Crippen LogP contribution >= 0.6 is 11.8 Å². The summed E-state index contributed by atoms with van der Waals surface area (Å²) in [6, 6.07) is 7.96. The molecule has 0 saturated carbocycles. The van der Waals surface area contributed by atoms with Gasteiger partial charge >= 0.3 is 5.51 Å². The molecule has 0 unspecified atom stereocenters. The van der Waals surface area contributed by atoms with Crippen molar-refractivity contribution in [3.8, 4) is 0 Å².